The van der Waals surface area contributed by atoms with Crippen molar-refractivity contribution in [2.75, 3.05) is 12.0 Å². The first-order valence-electron chi connectivity index (χ1n) is 9.75. The van der Waals surface area contributed by atoms with E-state index in [-0.39, 0.29) is 27.8 Å². The Hall–Kier alpha value is -2.28. The number of rotatable bonds is 8. The van der Waals surface area contributed by atoms with Crippen molar-refractivity contribution < 1.29 is 13.2 Å². The highest BCUT2D eigenvalue weighted by atomic mass is 35.5. The minimum absolute atomic E-state index is 0.00793. The van der Waals surface area contributed by atoms with Crippen LogP contribution >= 0.6 is 23.4 Å². The van der Waals surface area contributed by atoms with E-state index in [0.29, 0.717) is 5.02 Å². The summed E-state index contributed by atoms with van der Waals surface area (Å²) >= 11 is 7.59. The fourth-order valence-corrected chi connectivity index (χ4v) is 5.04. The molecule has 0 bridgehead atoms. The Labute approximate surface area is 192 Å². The molecular weight excluding hydrogens is 450 g/mol. The molecule has 1 N–H and O–H groups in total. The van der Waals surface area contributed by atoms with E-state index in [1.54, 1.807) is 36.0 Å². The van der Waals surface area contributed by atoms with Crippen molar-refractivity contribution in [3.63, 3.8) is 0 Å². The van der Waals surface area contributed by atoms with Gasteiger partial charge in [0.2, 0.25) is 5.91 Å². The number of carbonyl (C=O) groups excluding carboxylic acids is 1. The maximum Gasteiger partial charge on any atom is 0.230 e. The third kappa shape index (κ3) is 6.60. The van der Waals surface area contributed by atoms with Gasteiger partial charge in [0.25, 0.3) is 0 Å². The maximum absolute atomic E-state index is 12.6. The van der Waals surface area contributed by atoms with Gasteiger partial charge in [-0.3, -0.25) is 4.79 Å². The highest BCUT2D eigenvalue weighted by molar-refractivity contribution is 8.00. The summed E-state index contributed by atoms with van der Waals surface area (Å²) in [5, 5.41) is 3.67. The minimum atomic E-state index is -3.24. The monoisotopic (exact) mass is 473 g/mol. The van der Waals surface area contributed by atoms with E-state index in [2.05, 4.69) is 17.4 Å². The second-order valence-corrected chi connectivity index (χ2v) is 10.8. The van der Waals surface area contributed by atoms with Crippen molar-refractivity contribution in [3.05, 3.63) is 101 Å². The SMILES string of the molecule is CC(NC(=O)CSC(c1ccccc1)c1ccc(Cl)cc1)c1ccc(S(C)(=O)=O)cc1. The number of sulfone groups is 1. The Morgan fingerprint density at radius 2 is 1.45 bits per heavy atom. The lowest BCUT2D eigenvalue weighted by Crippen LogP contribution is -2.28. The van der Waals surface area contributed by atoms with Crippen LogP contribution < -0.4 is 5.32 Å². The van der Waals surface area contributed by atoms with Crippen molar-refractivity contribution in [1.82, 2.24) is 5.32 Å². The standard InChI is InChI=1S/C24H24ClNO3S2/c1-17(18-10-14-22(15-11-18)31(2,28)29)26-23(27)16-30-24(19-6-4-3-5-7-19)20-8-12-21(25)13-9-20/h3-15,17,24H,16H2,1-2H3,(H,26,27). The zero-order valence-corrected chi connectivity index (χ0v) is 19.7. The quantitative estimate of drug-likeness (QED) is 0.473. The van der Waals surface area contributed by atoms with E-state index in [1.165, 1.54) is 6.26 Å². The molecule has 162 valence electrons. The predicted molar refractivity (Wildman–Crippen MR) is 128 cm³/mol. The molecule has 0 heterocycles. The van der Waals surface area contributed by atoms with Crippen molar-refractivity contribution in [3.8, 4) is 0 Å². The predicted octanol–water partition coefficient (Wildman–Crippen LogP) is 5.44. The van der Waals surface area contributed by atoms with E-state index in [1.807, 2.05) is 49.4 Å². The van der Waals surface area contributed by atoms with Gasteiger partial charge in [-0.05, 0) is 47.9 Å². The Morgan fingerprint density at radius 3 is 2.03 bits per heavy atom. The van der Waals surface area contributed by atoms with Crippen LogP contribution in [0.1, 0.15) is 34.9 Å². The molecule has 2 unspecified atom stereocenters. The number of hydrogen-bond donors (Lipinski definition) is 1. The first kappa shape index (κ1) is 23.4. The Balaban J connectivity index is 1.66. The molecule has 0 radical (unpaired) electrons. The fraction of sp³-hybridized carbons (Fsp3) is 0.208. The number of hydrogen-bond acceptors (Lipinski definition) is 4. The summed E-state index contributed by atoms with van der Waals surface area (Å²) in [5.74, 6) is 0.202. The zero-order chi connectivity index (χ0) is 22.4. The molecule has 3 aromatic carbocycles. The Bertz CT molecular complexity index is 1120. The number of amides is 1. The smallest absolute Gasteiger partial charge is 0.230 e. The van der Waals surface area contributed by atoms with Gasteiger partial charge in [0.05, 0.1) is 21.9 Å². The van der Waals surface area contributed by atoms with Gasteiger partial charge in [-0.2, -0.15) is 0 Å². The second kappa shape index (κ2) is 10.4. The van der Waals surface area contributed by atoms with Crippen LogP contribution in [0.3, 0.4) is 0 Å². The number of nitrogens with one attached hydrogen (secondary N) is 1. The van der Waals surface area contributed by atoms with Crippen molar-refractivity contribution in [2.24, 2.45) is 0 Å². The molecule has 0 saturated heterocycles. The molecule has 3 aromatic rings. The fourth-order valence-electron chi connectivity index (χ4n) is 3.18. The van der Waals surface area contributed by atoms with Gasteiger partial charge < -0.3 is 5.32 Å². The van der Waals surface area contributed by atoms with Crippen LogP contribution in [0.2, 0.25) is 5.02 Å². The molecule has 0 fully saturated rings. The summed E-state index contributed by atoms with van der Waals surface area (Å²) in [6.45, 7) is 1.88. The van der Waals surface area contributed by atoms with E-state index < -0.39 is 9.84 Å². The van der Waals surface area contributed by atoms with E-state index in [0.717, 1.165) is 16.7 Å². The number of thioether (sulfide) groups is 1. The molecule has 2 atom stereocenters. The molecule has 0 spiro atoms. The van der Waals surface area contributed by atoms with Crippen LogP contribution in [-0.2, 0) is 14.6 Å². The van der Waals surface area contributed by atoms with E-state index in [9.17, 15) is 13.2 Å². The molecule has 0 aromatic heterocycles. The van der Waals surface area contributed by atoms with Gasteiger partial charge in [-0.15, -0.1) is 11.8 Å². The Kier molecular flexibility index (Phi) is 7.81. The van der Waals surface area contributed by atoms with Gasteiger partial charge in [-0.1, -0.05) is 66.2 Å². The average Bonchev–Trinajstić information content (AvgIpc) is 2.75. The third-order valence-corrected chi connectivity index (χ3v) is 7.53. The third-order valence-electron chi connectivity index (χ3n) is 4.84. The number of halogens is 1. The largest absolute Gasteiger partial charge is 0.349 e. The summed E-state index contributed by atoms with van der Waals surface area (Å²) in [7, 11) is -3.24. The topological polar surface area (TPSA) is 63.2 Å². The lowest BCUT2D eigenvalue weighted by molar-refractivity contribution is -0.119. The zero-order valence-electron chi connectivity index (χ0n) is 17.3. The molecule has 1 amide bonds. The summed E-state index contributed by atoms with van der Waals surface area (Å²) < 4.78 is 23.2. The summed E-state index contributed by atoms with van der Waals surface area (Å²) in [6.07, 6.45) is 1.17. The first-order chi connectivity index (χ1) is 14.7. The number of carbonyl (C=O) groups is 1. The number of benzene rings is 3. The molecule has 4 nitrogen and oxygen atoms in total. The second-order valence-electron chi connectivity index (χ2n) is 7.28. The molecule has 0 aliphatic carbocycles. The van der Waals surface area contributed by atoms with Crippen molar-refractivity contribution >= 4 is 39.1 Å². The van der Waals surface area contributed by atoms with Crippen molar-refractivity contribution in [2.45, 2.75) is 23.1 Å². The average molecular weight is 474 g/mol. The van der Waals surface area contributed by atoms with Crippen LogP contribution in [0.5, 0.6) is 0 Å². The Morgan fingerprint density at radius 1 is 0.903 bits per heavy atom. The first-order valence-corrected chi connectivity index (χ1v) is 13.1. The molecule has 0 saturated carbocycles. The van der Waals surface area contributed by atoms with Gasteiger partial charge in [-0.25, -0.2) is 8.42 Å². The van der Waals surface area contributed by atoms with E-state index >= 15 is 0 Å². The van der Waals surface area contributed by atoms with Crippen LogP contribution in [0.4, 0.5) is 0 Å². The minimum Gasteiger partial charge on any atom is -0.349 e. The van der Waals surface area contributed by atoms with Crippen LogP contribution in [0.15, 0.2) is 83.8 Å². The molecule has 3 rings (SSSR count). The van der Waals surface area contributed by atoms with E-state index in [4.69, 9.17) is 11.6 Å². The highest BCUT2D eigenvalue weighted by Gasteiger charge is 2.18. The summed E-state index contributed by atoms with van der Waals surface area (Å²) in [5.41, 5.74) is 3.05. The normalized spacial score (nSPS) is 13.4. The molecular formula is C24H24ClNO3S2. The van der Waals surface area contributed by atoms with Gasteiger partial charge in [0.15, 0.2) is 9.84 Å². The molecule has 7 heteroatoms. The molecule has 31 heavy (non-hydrogen) atoms. The maximum atomic E-state index is 12.6. The lowest BCUT2D eigenvalue weighted by Gasteiger charge is -2.19. The molecule has 0 aliphatic rings. The van der Waals surface area contributed by atoms with Gasteiger partial charge in [0, 0.05) is 11.3 Å². The summed E-state index contributed by atoms with van der Waals surface area (Å²) in [6, 6.07) is 24.1. The van der Waals surface area contributed by atoms with Crippen LogP contribution in [0.25, 0.3) is 0 Å². The molecule has 0 aliphatic heterocycles. The van der Waals surface area contributed by atoms with Crippen molar-refractivity contribution in [1.29, 1.82) is 0 Å². The highest BCUT2D eigenvalue weighted by Crippen LogP contribution is 2.36. The van der Waals surface area contributed by atoms with Gasteiger partial charge >= 0.3 is 0 Å². The van der Waals surface area contributed by atoms with Crippen LogP contribution in [0, 0.1) is 0 Å². The van der Waals surface area contributed by atoms with Gasteiger partial charge in [0.1, 0.15) is 0 Å². The van der Waals surface area contributed by atoms with Crippen LogP contribution in [-0.4, -0.2) is 26.3 Å². The lowest BCUT2D eigenvalue weighted by atomic mass is 10.0. The summed E-state index contributed by atoms with van der Waals surface area (Å²) in [4.78, 5) is 12.9.